The van der Waals surface area contributed by atoms with Crippen molar-refractivity contribution in [2.24, 2.45) is 0 Å². The molecule has 0 aliphatic heterocycles. The van der Waals surface area contributed by atoms with E-state index in [2.05, 4.69) is 5.43 Å². The molecule has 0 atom stereocenters. The summed E-state index contributed by atoms with van der Waals surface area (Å²) in [5, 5.41) is 11.2. The lowest BCUT2D eigenvalue weighted by Gasteiger charge is -2.31. The monoisotopic (exact) mass is 201 g/mol. The fourth-order valence-electron chi connectivity index (χ4n) is 1.78. The molecule has 0 saturated heterocycles. The standard InChI is InChI=1S/C9H19N3O2/c1-11(10-9(13)12(2)14)8-6-4-3-5-7-8/h8,14H,3-7H2,1-2H3,(H,10,13). The summed E-state index contributed by atoms with van der Waals surface area (Å²) in [4.78, 5) is 11.1. The zero-order valence-corrected chi connectivity index (χ0v) is 8.86. The normalized spacial score (nSPS) is 18.3. The molecule has 2 N–H and O–H groups in total. The lowest BCUT2D eigenvalue weighted by atomic mass is 9.95. The maximum Gasteiger partial charge on any atom is 0.355 e. The Kier molecular flexibility index (Phi) is 4.16. The Morgan fingerprint density at radius 3 is 2.36 bits per heavy atom. The smallest absolute Gasteiger partial charge is 0.285 e. The Morgan fingerprint density at radius 2 is 1.86 bits per heavy atom. The fraction of sp³-hybridized carbons (Fsp3) is 0.889. The average Bonchev–Trinajstić information content (AvgIpc) is 2.19. The third kappa shape index (κ3) is 3.16. The molecule has 0 bridgehead atoms. The summed E-state index contributed by atoms with van der Waals surface area (Å²) in [6.07, 6.45) is 5.97. The number of urea groups is 1. The first-order valence-electron chi connectivity index (χ1n) is 5.07. The number of carbonyl (C=O) groups excluding carboxylic acids is 1. The van der Waals surface area contributed by atoms with Crippen molar-refractivity contribution in [1.82, 2.24) is 15.5 Å². The van der Waals surface area contributed by atoms with Crippen molar-refractivity contribution in [3.8, 4) is 0 Å². The summed E-state index contributed by atoms with van der Waals surface area (Å²) in [6.45, 7) is 0. The second-order valence-corrected chi connectivity index (χ2v) is 3.84. The second-order valence-electron chi connectivity index (χ2n) is 3.84. The van der Waals surface area contributed by atoms with Crippen LogP contribution < -0.4 is 5.43 Å². The zero-order valence-electron chi connectivity index (χ0n) is 8.86. The van der Waals surface area contributed by atoms with Crippen LogP contribution in [0.3, 0.4) is 0 Å². The lowest BCUT2D eigenvalue weighted by molar-refractivity contribution is -0.0293. The van der Waals surface area contributed by atoms with Gasteiger partial charge in [0.05, 0.1) is 0 Å². The molecule has 0 spiro atoms. The first-order chi connectivity index (χ1) is 6.61. The Bertz CT molecular complexity index is 190. The third-order valence-corrected chi connectivity index (χ3v) is 2.69. The van der Waals surface area contributed by atoms with Crippen LogP contribution in [0.25, 0.3) is 0 Å². The van der Waals surface area contributed by atoms with E-state index in [-0.39, 0.29) is 0 Å². The van der Waals surface area contributed by atoms with Crippen LogP contribution in [0.15, 0.2) is 0 Å². The van der Waals surface area contributed by atoms with Crippen molar-refractivity contribution in [2.75, 3.05) is 14.1 Å². The quantitative estimate of drug-likeness (QED) is 0.521. The maximum atomic E-state index is 11.1. The van der Waals surface area contributed by atoms with E-state index in [9.17, 15) is 4.79 Å². The molecule has 2 amide bonds. The van der Waals surface area contributed by atoms with Gasteiger partial charge in [-0.2, -0.15) is 0 Å². The molecule has 1 fully saturated rings. The Hall–Kier alpha value is -0.810. The molecule has 0 aromatic heterocycles. The summed E-state index contributed by atoms with van der Waals surface area (Å²) in [5.41, 5.74) is 2.62. The van der Waals surface area contributed by atoms with E-state index in [1.54, 1.807) is 5.01 Å². The SMILES string of the molecule is CN(O)C(=O)NN(C)C1CCCCC1. The van der Waals surface area contributed by atoms with Gasteiger partial charge < -0.3 is 0 Å². The molecule has 0 aromatic rings. The number of rotatable bonds is 2. The van der Waals surface area contributed by atoms with E-state index in [1.165, 1.54) is 26.3 Å². The number of carbonyl (C=O) groups is 1. The van der Waals surface area contributed by atoms with Crippen molar-refractivity contribution >= 4 is 6.03 Å². The van der Waals surface area contributed by atoms with Crippen molar-refractivity contribution in [3.63, 3.8) is 0 Å². The minimum absolute atomic E-state index is 0.410. The van der Waals surface area contributed by atoms with Gasteiger partial charge in [-0.1, -0.05) is 19.3 Å². The van der Waals surface area contributed by atoms with Crippen molar-refractivity contribution < 1.29 is 10.0 Å². The van der Waals surface area contributed by atoms with Crippen molar-refractivity contribution in [3.05, 3.63) is 0 Å². The van der Waals surface area contributed by atoms with Crippen LogP contribution in [0.4, 0.5) is 4.79 Å². The van der Waals surface area contributed by atoms with Gasteiger partial charge in [-0.05, 0) is 12.8 Å². The van der Waals surface area contributed by atoms with E-state index in [0.717, 1.165) is 12.8 Å². The van der Waals surface area contributed by atoms with E-state index < -0.39 is 6.03 Å². The van der Waals surface area contributed by atoms with E-state index in [4.69, 9.17) is 5.21 Å². The van der Waals surface area contributed by atoms with Crippen molar-refractivity contribution in [2.45, 2.75) is 38.1 Å². The van der Waals surface area contributed by atoms with Crippen molar-refractivity contribution in [1.29, 1.82) is 0 Å². The van der Waals surface area contributed by atoms with Crippen LogP contribution in [-0.2, 0) is 0 Å². The summed E-state index contributed by atoms with van der Waals surface area (Å²) in [5.74, 6) is 0. The van der Waals surface area contributed by atoms with Gasteiger partial charge in [0.25, 0.3) is 0 Å². The zero-order chi connectivity index (χ0) is 10.6. The van der Waals surface area contributed by atoms with Crippen LogP contribution in [0.2, 0.25) is 0 Å². The van der Waals surface area contributed by atoms with Gasteiger partial charge in [-0.3, -0.25) is 10.6 Å². The van der Waals surface area contributed by atoms with E-state index >= 15 is 0 Å². The first kappa shape index (κ1) is 11.3. The van der Waals surface area contributed by atoms with Gasteiger partial charge >= 0.3 is 6.03 Å². The van der Waals surface area contributed by atoms with E-state index in [0.29, 0.717) is 11.1 Å². The highest BCUT2D eigenvalue weighted by molar-refractivity contribution is 5.71. The van der Waals surface area contributed by atoms with Gasteiger partial charge in [0, 0.05) is 20.1 Å². The molecule has 82 valence electrons. The topological polar surface area (TPSA) is 55.8 Å². The third-order valence-electron chi connectivity index (χ3n) is 2.69. The Labute approximate surface area is 84.6 Å². The van der Waals surface area contributed by atoms with E-state index in [1.807, 2.05) is 7.05 Å². The largest absolute Gasteiger partial charge is 0.355 e. The second kappa shape index (κ2) is 5.17. The molecule has 0 unspecified atom stereocenters. The fourth-order valence-corrected chi connectivity index (χ4v) is 1.78. The predicted octanol–water partition coefficient (Wildman–Crippen LogP) is 1.20. The lowest BCUT2D eigenvalue weighted by Crippen LogP contribution is -2.50. The van der Waals surface area contributed by atoms with Gasteiger partial charge in [-0.15, -0.1) is 0 Å². The van der Waals surface area contributed by atoms with Gasteiger partial charge in [0.15, 0.2) is 0 Å². The number of nitrogens with one attached hydrogen (secondary N) is 1. The molecule has 0 radical (unpaired) electrons. The molecule has 1 saturated carbocycles. The highest BCUT2D eigenvalue weighted by Gasteiger charge is 2.19. The highest BCUT2D eigenvalue weighted by Crippen LogP contribution is 2.20. The molecular weight excluding hydrogens is 182 g/mol. The molecule has 1 rings (SSSR count). The van der Waals surface area contributed by atoms with Crippen LogP contribution in [-0.4, -0.2) is 41.4 Å². The minimum atomic E-state index is -0.488. The summed E-state index contributed by atoms with van der Waals surface area (Å²) in [6, 6.07) is -0.0780. The molecular formula is C9H19N3O2. The first-order valence-corrected chi connectivity index (χ1v) is 5.07. The molecule has 14 heavy (non-hydrogen) atoms. The Balaban J connectivity index is 2.32. The van der Waals surface area contributed by atoms with Gasteiger partial charge in [0.2, 0.25) is 0 Å². The molecule has 0 heterocycles. The van der Waals surface area contributed by atoms with Crippen LogP contribution in [0.5, 0.6) is 0 Å². The minimum Gasteiger partial charge on any atom is -0.285 e. The maximum absolute atomic E-state index is 11.1. The number of nitrogens with zero attached hydrogens (tertiary/aromatic N) is 2. The number of hydrazine groups is 1. The summed E-state index contributed by atoms with van der Waals surface area (Å²) in [7, 11) is 3.15. The predicted molar refractivity (Wildman–Crippen MR) is 52.7 cm³/mol. The number of hydrogen-bond donors (Lipinski definition) is 2. The van der Waals surface area contributed by atoms with Gasteiger partial charge in [0.1, 0.15) is 0 Å². The number of hydrogen-bond acceptors (Lipinski definition) is 3. The summed E-state index contributed by atoms with van der Waals surface area (Å²) < 4.78 is 0. The van der Waals surface area contributed by atoms with Crippen LogP contribution >= 0.6 is 0 Å². The molecule has 1 aliphatic carbocycles. The summed E-state index contributed by atoms with van der Waals surface area (Å²) >= 11 is 0. The molecule has 5 heteroatoms. The number of hydroxylamine groups is 2. The molecule has 0 aromatic carbocycles. The highest BCUT2D eigenvalue weighted by atomic mass is 16.5. The van der Waals surface area contributed by atoms with Crippen LogP contribution in [0, 0.1) is 0 Å². The average molecular weight is 201 g/mol. The number of amides is 2. The van der Waals surface area contributed by atoms with Crippen LogP contribution in [0.1, 0.15) is 32.1 Å². The molecule has 5 nitrogen and oxygen atoms in total. The van der Waals surface area contributed by atoms with Gasteiger partial charge in [-0.25, -0.2) is 14.9 Å². The molecule has 1 aliphatic rings. The Morgan fingerprint density at radius 1 is 1.29 bits per heavy atom.